The third-order valence-electron chi connectivity index (χ3n) is 4.75. The Morgan fingerprint density at radius 3 is 3.11 bits per heavy atom. The van der Waals surface area contributed by atoms with Crippen LogP contribution in [0.2, 0.25) is 0 Å². The maximum Gasteiger partial charge on any atom is 0.337 e. The summed E-state index contributed by atoms with van der Waals surface area (Å²) in [6.07, 6.45) is 3.43. The number of rotatable bonds is 5. The monoisotopic (exact) mass is 406 g/mol. The van der Waals surface area contributed by atoms with E-state index in [2.05, 4.69) is 20.5 Å². The number of esters is 1. The summed E-state index contributed by atoms with van der Waals surface area (Å²) in [6, 6.07) is 0. The molecule has 4 heterocycles. The minimum atomic E-state index is -2.02. The number of alkyl halides is 1. The average Bonchev–Trinajstić information content (AvgIpc) is 3.31. The highest BCUT2D eigenvalue weighted by atomic mass is 32.1. The molecule has 1 amide bonds. The van der Waals surface area contributed by atoms with Crippen molar-refractivity contribution in [1.29, 1.82) is 0 Å². The van der Waals surface area contributed by atoms with Crippen LogP contribution in [0.1, 0.15) is 18.4 Å². The molecule has 0 aromatic carbocycles. The van der Waals surface area contributed by atoms with E-state index >= 15 is 0 Å². The van der Waals surface area contributed by atoms with E-state index in [0.717, 1.165) is 5.01 Å². The van der Waals surface area contributed by atoms with Crippen molar-refractivity contribution in [1.82, 2.24) is 20.2 Å². The third kappa shape index (κ3) is 3.31. The molecule has 3 aliphatic rings. The van der Waals surface area contributed by atoms with E-state index in [1.165, 1.54) is 11.3 Å². The van der Waals surface area contributed by atoms with Gasteiger partial charge >= 0.3 is 5.97 Å². The van der Waals surface area contributed by atoms with E-state index in [0.29, 0.717) is 24.6 Å². The summed E-state index contributed by atoms with van der Waals surface area (Å²) in [6.45, 7) is 3.17. The molecule has 1 aromatic heterocycles. The number of amides is 1. The van der Waals surface area contributed by atoms with Crippen molar-refractivity contribution >= 4 is 34.8 Å². The van der Waals surface area contributed by atoms with Crippen LogP contribution in [0.4, 0.5) is 4.39 Å². The lowest BCUT2D eigenvalue weighted by Gasteiger charge is -2.36. The van der Waals surface area contributed by atoms with Crippen LogP contribution in [0.5, 0.6) is 0 Å². The van der Waals surface area contributed by atoms with Gasteiger partial charge in [-0.15, -0.1) is 11.3 Å². The summed E-state index contributed by atoms with van der Waals surface area (Å²) < 4.78 is 19.9. The van der Waals surface area contributed by atoms with E-state index in [4.69, 9.17) is 4.74 Å². The fourth-order valence-corrected chi connectivity index (χ4v) is 3.96. The number of thiazole rings is 1. The van der Waals surface area contributed by atoms with E-state index in [-0.39, 0.29) is 31.8 Å². The Kier molecular flexibility index (Phi) is 4.94. The van der Waals surface area contributed by atoms with Gasteiger partial charge in [-0.05, 0) is 6.92 Å². The average molecular weight is 406 g/mol. The van der Waals surface area contributed by atoms with Gasteiger partial charge in [-0.25, -0.2) is 19.6 Å². The van der Waals surface area contributed by atoms with Gasteiger partial charge in [0.25, 0.3) is 5.91 Å². The van der Waals surface area contributed by atoms with Gasteiger partial charge in [-0.3, -0.25) is 14.7 Å². The minimum absolute atomic E-state index is 0.0314. The highest BCUT2D eigenvalue weighted by molar-refractivity contribution is 7.11. The minimum Gasteiger partial charge on any atom is -0.463 e. The van der Waals surface area contributed by atoms with Gasteiger partial charge in [0.1, 0.15) is 0 Å². The first-order valence-electron chi connectivity index (χ1n) is 8.89. The Hall–Kier alpha value is -2.66. The van der Waals surface area contributed by atoms with Crippen LogP contribution in [-0.2, 0) is 14.3 Å². The maximum absolute atomic E-state index is 14.8. The molecule has 4 rings (SSSR count). The van der Waals surface area contributed by atoms with Gasteiger partial charge < -0.3 is 9.64 Å². The SMILES string of the molecule is CCOC(=O)C1=CN(CN2CCC3(F)C(=O)NN=C3C2)C(c2nccs2)=NC1. The van der Waals surface area contributed by atoms with Crippen molar-refractivity contribution in [3.05, 3.63) is 28.4 Å². The first-order chi connectivity index (χ1) is 13.5. The molecule has 11 heteroatoms. The van der Waals surface area contributed by atoms with Gasteiger partial charge in [0.05, 0.1) is 31.1 Å². The molecule has 1 atom stereocenters. The van der Waals surface area contributed by atoms with Crippen molar-refractivity contribution in [2.24, 2.45) is 10.1 Å². The zero-order valence-corrected chi connectivity index (χ0v) is 16.0. The Morgan fingerprint density at radius 2 is 2.36 bits per heavy atom. The fourth-order valence-electron chi connectivity index (χ4n) is 3.30. The lowest BCUT2D eigenvalue weighted by Crippen LogP contribution is -2.55. The predicted octanol–water partition coefficient (Wildman–Crippen LogP) is 0.510. The molecule has 148 valence electrons. The van der Waals surface area contributed by atoms with Crippen molar-refractivity contribution in [2.45, 2.75) is 19.0 Å². The van der Waals surface area contributed by atoms with Crippen LogP contribution in [-0.4, -0.2) is 76.8 Å². The summed E-state index contributed by atoms with van der Waals surface area (Å²) in [5, 5.41) is 6.42. The van der Waals surface area contributed by atoms with Crippen molar-refractivity contribution in [3.63, 3.8) is 0 Å². The molecule has 0 aliphatic carbocycles. The molecule has 0 bridgehead atoms. The molecule has 9 nitrogen and oxygen atoms in total. The Balaban J connectivity index is 1.54. The number of halogens is 1. The molecule has 0 spiro atoms. The number of hydrazone groups is 1. The number of ether oxygens (including phenoxy) is 1. The van der Waals surface area contributed by atoms with Crippen LogP contribution in [0.15, 0.2) is 33.4 Å². The number of aromatic nitrogens is 1. The fraction of sp³-hybridized carbons (Fsp3) is 0.471. The molecule has 0 saturated carbocycles. The Bertz CT molecular complexity index is 883. The topological polar surface area (TPSA) is 99.5 Å². The molecular formula is C17H19FN6O3S. The largest absolute Gasteiger partial charge is 0.463 e. The van der Waals surface area contributed by atoms with Crippen molar-refractivity contribution in [3.8, 4) is 0 Å². The van der Waals surface area contributed by atoms with Gasteiger partial charge in [-0.1, -0.05) is 0 Å². The van der Waals surface area contributed by atoms with E-state index in [1.54, 1.807) is 19.3 Å². The van der Waals surface area contributed by atoms with E-state index in [1.807, 2.05) is 15.2 Å². The van der Waals surface area contributed by atoms with Crippen LogP contribution in [0.3, 0.4) is 0 Å². The van der Waals surface area contributed by atoms with Gasteiger partial charge in [0.15, 0.2) is 10.8 Å². The van der Waals surface area contributed by atoms with Crippen molar-refractivity contribution < 1.29 is 18.7 Å². The summed E-state index contributed by atoms with van der Waals surface area (Å²) >= 11 is 1.44. The molecule has 1 N–H and O–H groups in total. The smallest absolute Gasteiger partial charge is 0.337 e. The number of nitrogens with one attached hydrogen (secondary N) is 1. The number of piperidine rings is 1. The third-order valence-corrected chi connectivity index (χ3v) is 5.52. The molecular weight excluding hydrogens is 387 g/mol. The molecule has 1 aromatic rings. The van der Waals surface area contributed by atoms with Gasteiger partial charge in [-0.2, -0.15) is 5.10 Å². The molecule has 28 heavy (non-hydrogen) atoms. The summed E-state index contributed by atoms with van der Waals surface area (Å²) in [5.74, 6) is -0.469. The molecule has 0 radical (unpaired) electrons. The number of likely N-dealkylation sites (tertiary alicyclic amines) is 1. The van der Waals surface area contributed by atoms with E-state index in [9.17, 15) is 14.0 Å². The standard InChI is InChI=1S/C17H19FN6O3S/c1-2-27-15(25)11-7-20-13(14-19-4-6-28-14)24(8-11)10-23-5-3-17(18)12(9-23)21-22-16(17)26/h4,6,8H,2-3,5,7,9-10H2,1H3,(H,22,26). The Labute approximate surface area is 164 Å². The molecule has 3 aliphatic heterocycles. The number of carbonyl (C=O) groups excluding carboxylic acids is 2. The lowest BCUT2D eigenvalue weighted by atomic mass is 9.92. The molecule has 1 saturated heterocycles. The van der Waals surface area contributed by atoms with Crippen LogP contribution < -0.4 is 5.43 Å². The highest BCUT2D eigenvalue weighted by Gasteiger charge is 2.51. The second-order valence-corrected chi connectivity index (χ2v) is 7.46. The first-order valence-corrected chi connectivity index (χ1v) is 9.76. The normalized spacial score (nSPS) is 24.9. The number of amidine groups is 1. The summed E-state index contributed by atoms with van der Waals surface area (Å²) in [5.41, 5.74) is 0.827. The molecule has 1 unspecified atom stereocenters. The number of fused-ring (bicyclic) bond motifs is 1. The number of nitrogens with zero attached hydrogens (tertiary/aromatic N) is 5. The van der Waals surface area contributed by atoms with Gasteiger partial charge in [0.2, 0.25) is 5.67 Å². The van der Waals surface area contributed by atoms with Crippen LogP contribution in [0.25, 0.3) is 0 Å². The lowest BCUT2D eigenvalue weighted by molar-refractivity contribution is -0.138. The number of hydrogen-bond acceptors (Lipinski definition) is 9. The van der Waals surface area contributed by atoms with Gasteiger partial charge in [0, 0.05) is 37.3 Å². The number of aliphatic imine (C=N–C) groups is 1. The first kappa shape index (κ1) is 18.7. The second kappa shape index (κ2) is 7.40. The van der Waals surface area contributed by atoms with Crippen molar-refractivity contribution in [2.75, 3.05) is 32.9 Å². The predicted molar refractivity (Wildman–Crippen MR) is 101 cm³/mol. The quantitative estimate of drug-likeness (QED) is 0.716. The number of carbonyl (C=O) groups is 2. The van der Waals surface area contributed by atoms with E-state index < -0.39 is 17.5 Å². The summed E-state index contributed by atoms with van der Waals surface area (Å²) in [4.78, 5) is 36.4. The maximum atomic E-state index is 14.8. The zero-order valence-electron chi connectivity index (χ0n) is 15.2. The summed E-state index contributed by atoms with van der Waals surface area (Å²) in [7, 11) is 0. The van der Waals surface area contributed by atoms with Crippen LogP contribution in [0, 0.1) is 0 Å². The Morgan fingerprint density at radius 1 is 1.50 bits per heavy atom. The zero-order chi connectivity index (χ0) is 19.7. The second-order valence-electron chi connectivity index (χ2n) is 6.57. The highest BCUT2D eigenvalue weighted by Crippen LogP contribution is 2.28. The molecule has 1 fully saturated rings. The van der Waals surface area contributed by atoms with Crippen LogP contribution >= 0.6 is 11.3 Å². The number of hydrogen-bond donors (Lipinski definition) is 1.